The molecule has 3 atom stereocenters. The number of carbonyl (C=O) groups excluding carboxylic acids is 2. The lowest BCUT2D eigenvalue weighted by atomic mass is 9.71. The zero-order valence-electron chi connectivity index (χ0n) is 21.3. The van der Waals surface area contributed by atoms with Gasteiger partial charge in [-0.25, -0.2) is 9.18 Å². The van der Waals surface area contributed by atoms with Gasteiger partial charge < -0.3 is 19.5 Å². The Hall–Kier alpha value is -3.61. The van der Waals surface area contributed by atoms with Crippen LogP contribution in [0, 0.1) is 5.82 Å². The molecule has 0 aromatic heterocycles. The van der Waals surface area contributed by atoms with Crippen LogP contribution in [0.3, 0.4) is 0 Å². The molecular weight excluding hydrogens is 461 g/mol. The molecule has 6 nitrogen and oxygen atoms in total. The molecule has 0 spiro atoms. The largest absolute Gasteiger partial charge is 0.493 e. The Bertz CT molecular complexity index is 1250. The van der Waals surface area contributed by atoms with Gasteiger partial charge in [-0.1, -0.05) is 25.1 Å². The van der Waals surface area contributed by atoms with Crippen molar-refractivity contribution in [1.82, 2.24) is 5.32 Å². The van der Waals surface area contributed by atoms with Crippen LogP contribution in [0.1, 0.15) is 63.0 Å². The maximum absolute atomic E-state index is 14.3. The summed E-state index contributed by atoms with van der Waals surface area (Å²) in [5.41, 5.74) is 3.71. The molecule has 190 valence electrons. The number of halogens is 1. The fraction of sp³-hybridized carbons (Fsp3) is 0.379. The molecule has 3 unspecified atom stereocenters. The van der Waals surface area contributed by atoms with Crippen LogP contribution in [0.15, 0.2) is 65.0 Å². The van der Waals surface area contributed by atoms with Crippen molar-refractivity contribution in [3.8, 4) is 11.5 Å². The van der Waals surface area contributed by atoms with E-state index in [2.05, 4.69) is 5.32 Å². The number of nitrogens with one attached hydrogen (secondary N) is 1. The number of rotatable bonds is 7. The number of ether oxygens (including phenoxy) is 3. The van der Waals surface area contributed by atoms with Crippen molar-refractivity contribution < 1.29 is 28.2 Å². The van der Waals surface area contributed by atoms with E-state index in [1.165, 1.54) is 12.1 Å². The van der Waals surface area contributed by atoms with E-state index in [4.69, 9.17) is 14.2 Å². The summed E-state index contributed by atoms with van der Waals surface area (Å²) in [7, 11) is 3.16. The highest BCUT2D eigenvalue weighted by atomic mass is 19.1. The van der Waals surface area contributed by atoms with Crippen LogP contribution in [-0.4, -0.2) is 32.1 Å². The fourth-order valence-corrected chi connectivity index (χ4v) is 5.00. The second-order valence-corrected chi connectivity index (χ2v) is 9.31. The van der Waals surface area contributed by atoms with Gasteiger partial charge in [-0.15, -0.1) is 0 Å². The van der Waals surface area contributed by atoms with Gasteiger partial charge >= 0.3 is 5.97 Å². The normalized spacial score (nSPS) is 20.4. The van der Waals surface area contributed by atoms with Crippen LogP contribution in [0.4, 0.5) is 4.39 Å². The van der Waals surface area contributed by atoms with E-state index in [0.717, 1.165) is 11.3 Å². The fourth-order valence-electron chi connectivity index (χ4n) is 5.00. The van der Waals surface area contributed by atoms with Crippen molar-refractivity contribution in [2.24, 2.45) is 0 Å². The molecule has 7 heteroatoms. The van der Waals surface area contributed by atoms with Gasteiger partial charge in [-0.3, -0.25) is 4.79 Å². The number of Topliss-reactive ketones (excluding diaryl/α,β-unsaturated/α-hetero) is 1. The third-order valence-corrected chi connectivity index (χ3v) is 6.99. The van der Waals surface area contributed by atoms with Crippen molar-refractivity contribution in [1.29, 1.82) is 0 Å². The lowest BCUT2D eigenvalue weighted by Crippen LogP contribution is -2.36. The highest BCUT2D eigenvalue weighted by Gasteiger charge is 2.41. The van der Waals surface area contributed by atoms with Crippen LogP contribution in [-0.2, 0) is 14.3 Å². The monoisotopic (exact) mass is 493 g/mol. The van der Waals surface area contributed by atoms with Crippen molar-refractivity contribution in [2.75, 3.05) is 14.2 Å². The number of methoxy groups -OCH3 is 2. The summed E-state index contributed by atoms with van der Waals surface area (Å²) in [6.07, 6.45) is 1.20. The minimum atomic E-state index is -0.702. The highest BCUT2D eigenvalue weighted by Crippen LogP contribution is 2.46. The Morgan fingerprint density at radius 1 is 1.08 bits per heavy atom. The van der Waals surface area contributed by atoms with Gasteiger partial charge in [0.2, 0.25) is 0 Å². The number of hydrogen-bond donors (Lipinski definition) is 1. The number of dihydropyridines is 1. The molecule has 0 saturated carbocycles. The minimum absolute atomic E-state index is 0.0841. The molecule has 36 heavy (non-hydrogen) atoms. The number of ketones is 1. The first-order chi connectivity index (χ1) is 17.3. The molecule has 1 heterocycles. The lowest BCUT2D eigenvalue weighted by Gasteiger charge is -2.37. The third-order valence-electron chi connectivity index (χ3n) is 6.99. The maximum Gasteiger partial charge on any atom is 0.337 e. The number of allylic oxidation sites excluding steroid dienone is 3. The zero-order valence-corrected chi connectivity index (χ0v) is 21.3. The topological polar surface area (TPSA) is 73.9 Å². The van der Waals surface area contributed by atoms with E-state index in [1.54, 1.807) is 33.3 Å². The molecular formula is C29H32FNO5. The second kappa shape index (κ2) is 10.6. The summed E-state index contributed by atoms with van der Waals surface area (Å²) in [5, 5.41) is 3.32. The van der Waals surface area contributed by atoms with Crippen LogP contribution < -0.4 is 14.8 Å². The average molecular weight is 494 g/mol. The van der Waals surface area contributed by atoms with Crippen molar-refractivity contribution in [2.45, 2.75) is 58.0 Å². The molecule has 2 aliphatic rings. The van der Waals surface area contributed by atoms with Crippen LogP contribution in [0.25, 0.3) is 0 Å². The Morgan fingerprint density at radius 3 is 2.50 bits per heavy atom. The van der Waals surface area contributed by atoms with E-state index in [1.807, 2.05) is 32.0 Å². The molecule has 4 rings (SSSR count). The summed E-state index contributed by atoms with van der Waals surface area (Å²) in [6, 6.07) is 11.8. The predicted octanol–water partition coefficient (Wildman–Crippen LogP) is 5.55. The Morgan fingerprint density at radius 2 is 1.83 bits per heavy atom. The number of hydrogen-bond acceptors (Lipinski definition) is 6. The predicted molar refractivity (Wildman–Crippen MR) is 134 cm³/mol. The van der Waals surface area contributed by atoms with E-state index in [9.17, 15) is 14.0 Å². The van der Waals surface area contributed by atoms with E-state index >= 15 is 0 Å². The molecule has 0 bridgehead atoms. The van der Waals surface area contributed by atoms with Crippen molar-refractivity contribution in [3.05, 3.63) is 81.9 Å². The molecule has 0 radical (unpaired) electrons. The molecule has 2 aromatic carbocycles. The molecule has 0 saturated heterocycles. The molecule has 1 aliphatic carbocycles. The van der Waals surface area contributed by atoms with Crippen LogP contribution in [0.5, 0.6) is 11.5 Å². The van der Waals surface area contributed by atoms with Crippen LogP contribution in [0.2, 0.25) is 0 Å². The van der Waals surface area contributed by atoms with Crippen molar-refractivity contribution >= 4 is 11.8 Å². The zero-order chi connectivity index (χ0) is 26.0. The van der Waals surface area contributed by atoms with E-state index in [-0.39, 0.29) is 24.2 Å². The van der Waals surface area contributed by atoms with Crippen molar-refractivity contribution in [3.63, 3.8) is 0 Å². The van der Waals surface area contributed by atoms with Gasteiger partial charge in [0.15, 0.2) is 17.3 Å². The summed E-state index contributed by atoms with van der Waals surface area (Å²) in [5.74, 6) is -0.572. The van der Waals surface area contributed by atoms with Gasteiger partial charge in [0.1, 0.15) is 5.82 Å². The molecule has 1 N–H and O–H groups in total. The Balaban J connectivity index is 1.76. The van der Waals surface area contributed by atoms with Gasteiger partial charge in [-0.2, -0.15) is 0 Å². The lowest BCUT2D eigenvalue weighted by molar-refractivity contribution is -0.144. The third kappa shape index (κ3) is 4.87. The molecule has 0 fully saturated rings. The smallest absolute Gasteiger partial charge is 0.337 e. The first-order valence-electron chi connectivity index (χ1n) is 12.2. The number of carbonyl (C=O) groups is 2. The summed E-state index contributed by atoms with van der Waals surface area (Å²) in [6.45, 7) is 5.56. The van der Waals surface area contributed by atoms with E-state index < -0.39 is 17.7 Å². The molecule has 1 aliphatic heterocycles. The Kier molecular flexibility index (Phi) is 7.48. The minimum Gasteiger partial charge on any atom is -0.493 e. The van der Waals surface area contributed by atoms with Gasteiger partial charge in [-0.05, 0) is 68.0 Å². The standard InChI is InChI=1S/C29H32FNO5/c1-6-16(2)36-29(33)26-17(3)31-22-13-20(18-10-11-24(34-4)25(15-18)35-5)14-23(32)28(22)27(26)19-8-7-9-21(30)12-19/h7-12,15-16,20,27,31H,6,13-14H2,1-5H3. The first kappa shape index (κ1) is 25.5. The highest BCUT2D eigenvalue weighted by molar-refractivity contribution is 6.04. The maximum atomic E-state index is 14.3. The molecule has 2 aromatic rings. The van der Waals surface area contributed by atoms with E-state index in [0.29, 0.717) is 46.7 Å². The quantitative estimate of drug-likeness (QED) is 0.510. The average Bonchev–Trinajstić information content (AvgIpc) is 2.86. The van der Waals surface area contributed by atoms with Gasteiger partial charge in [0.05, 0.1) is 25.9 Å². The SMILES string of the molecule is CCC(C)OC(=O)C1=C(C)NC2=C(C(=O)CC(c3ccc(OC)c(OC)c3)C2)C1c1cccc(F)c1. The van der Waals surface area contributed by atoms with Gasteiger partial charge in [0, 0.05) is 29.3 Å². The summed E-state index contributed by atoms with van der Waals surface area (Å²) in [4.78, 5) is 27.0. The number of benzene rings is 2. The second-order valence-electron chi connectivity index (χ2n) is 9.31. The summed E-state index contributed by atoms with van der Waals surface area (Å²) < 4.78 is 30.7. The van der Waals surface area contributed by atoms with Crippen LogP contribution >= 0.6 is 0 Å². The Labute approximate surface area is 211 Å². The first-order valence-corrected chi connectivity index (χ1v) is 12.2. The summed E-state index contributed by atoms with van der Waals surface area (Å²) >= 11 is 0. The van der Waals surface area contributed by atoms with Gasteiger partial charge in [0.25, 0.3) is 0 Å². The number of esters is 1. The molecule has 0 amide bonds.